The van der Waals surface area contributed by atoms with E-state index in [9.17, 15) is 4.79 Å². The van der Waals surface area contributed by atoms with Crippen LogP contribution in [0.5, 0.6) is 0 Å². The minimum Gasteiger partial charge on any atom is -0.438 e. The molecule has 0 aliphatic carbocycles. The fourth-order valence-electron chi connectivity index (χ4n) is 1.96. The van der Waals surface area contributed by atoms with Gasteiger partial charge in [0.15, 0.2) is 0 Å². The van der Waals surface area contributed by atoms with Gasteiger partial charge < -0.3 is 14.2 Å². The van der Waals surface area contributed by atoms with Crippen LogP contribution in [-0.4, -0.2) is 26.0 Å². The molecule has 92 valence electrons. The van der Waals surface area contributed by atoms with E-state index >= 15 is 0 Å². The van der Waals surface area contributed by atoms with Gasteiger partial charge in [-0.25, -0.2) is 4.79 Å². The van der Waals surface area contributed by atoms with E-state index in [2.05, 4.69) is 4.74 Å². The van der Waals surface area contributed by atoms with Crippen LogP contribution in [0.25, 0.3) is 0 Å². The Bertz CT molecular complexity index is 363. The van der Waals surface area contributed by atoms with Crippen LogP contribution in [0.4, 0.5) is 4.79 Å². The Morgan fingerprint density at radius 3 is 2.82 bits per heavy atom. The molecule has 1 aliphatic rings. The van der Waals surface area contributed by atoms with E-state index in [-0.39, 0.29) is 18.8 Å². The van der Waals surface area contributed by atoms with Gasteiger partial charge in [-0.1, -0.05) is 30.3 Å². The summed E-state index contributed by atoms with van der Waals surface area (Å²) in [5.41, 5.74) is 1.17. The summed E-state index contributed by atoms with van der Waals surface area (Å²) < 4.78 is 15.1. The van der Waals surface area contributed by atoms with Crippen molar-refractivity contribution in [2.24, 2.45) is 0 Å². The maximum atomic E-state index is 10.8. The molecule has 0 amide bonds. The van der Waals surface area contributed by atoms with Crippen molar-refractivity contribution in [1.82, 2.24) is 0 Å². The molecule has 2 unspecified atom stereocenters. The summed E-state index contributed by atoms with van der Waals surface area (Å²) in [6.45, 7) is 0.260. The maximum Gasteiger partial charge on any atom is 0.508 e. The number of rotatable bonds is 3. The number of carbonyl (C=O) groups excluding carboxylic acids is 1. The number of hydrogen-bond donors (Lipinski definition) is 0. The van der Waals surface area contributed by atoms with Crippen molar-refractivity contribution in [3.8, 4) is 0 Å². The van der Waals surface area contributed by atoms with E-state index < -0.39 is 6.16 Å². The third-order valence-corrected chi connectivity index (χ3v) is 2.83. The largest absolute Gasteiger partial charge is 0.508 e. The first-order valence-electron chi connectivity index (χ1n) is 5.70. The van der Waals surface area contributed by atoms with Crippen molar-refractivity contribution >= 4 is 6.16 Å². The molecule has 2 atom stereocenters. The first kappa shape index (κ1) is 11.9. The van der Waals surface area contributed by atoms with Gasteiger partial charge in [0, 0.05) is 0 Å². The summed E-state index contributed by atoms with van der Waals surface area (Å²) in [5, 5.41) is 0. The minimum atomic E-state index is -0.656. The molecule has 1 aliphatic heterocycles. The zero-order valence-electron chi connectivity index (χ0n) is 9.80. The van der Waals surface area contributed by atoms with Gasteiger partial charge in [0.1, 0.15) is 6.61 Å². The van der Waals surface area contributed by atoms with Gasteiger partial charge in [-0.3, -0.25) is 0 Å². The standard InChI is InChI=1S/C13H16O4/c1-15-13(14)16-9-11-7-8-12(17-11)10-5-3-2-4-6-10/h2-6,11-12H,7-9H2,1H3. The molecule has 2 rings (SSSR count). The van der Waals surface area contributed by atoms with Crippen molar-refractivity contribution in [2.75, 3.05) is 13.7 Å². The summed E-state index contributed by atoms with van der Waals surface area (Å²) >= 11 is 0. The summed E-state index contributed by atoms with van der Waals surface area (Å²) in [7, 11) is 1.30. The summed E-state index contributed by atoms with van der Waals surface area (Å²) in [5.74, 6) is 0. The Kier molecular flexibility index (Phi) is 3.98. The fraction of sp³-hybridized carbons (Fsp3) is 0.462. The molecule has 0 N–H and O–H groups in total. The lowest BCUT2D eigenvalue weighted by molar-refractivity contribution is -0.0114. The van der Waals surface area contributed by atoms with Crippen LogP contribution in [0, 0.1) is 0 Å². The van der Waals surface area contributed by atoms with Crippen molar-refractivity contribution in [3.63, 3.8) is 0 Å². The van der Waals surface area contributed by atoms with Gasteiger partial charge in [0.05, 0.1) is 19.3 Å². The summed E-state index contributed by atoms with van der Waals surface area (Å²) in [6.07, 6.45) is 1.29. The highest BCUT2D eigenvalue weighted by molar-refractivity contribution is 5.59. The molecule has 0 saturated carbocycles. The van der Waals surface area contributed by atoms with Gasteiger partial charge in [0.25, 0.3) is 0 Å². The molecule has 4 nitrogen and oxygen atoms in total. The molecular weight excluding hydrogens is 220 g/mol. The monoisotopic (exact) mass is 236 g/mol. The summed E-state index contributed by atoms with van der Waals surface area (Å²) in [6, 6.07) is 10.1. The van der Waals surface area contributed by atoms with E-state index in [4.69, 9.17) is 9.47 Å². The second-order valence-electron chi connectivity index (χ2n) is 4.00. The molecule has 1 aromatic rings. The number of methoxy groups -OCH3 is 1. The van der Waals surface area contributed by atoms with Crippen LogP contribution < -0.4 is 0 Å². The lowest BCUT2D eigenvalue weighted by Crippen LogP contribution is -2.18. The molecular formula is C13H16O4. The lowest BCUT2D eigenvalue weighted by atomic mass is 10.1. The van der Waals surface area contributed by atoms with Gasteiger partial charge in [-0.2, -0.15) is 0 Å². The van der Waals surface area contributed by atoms with E-state index in [1.165, 1.54) is 12.7 Å². The van der Waals surface area contributed by atoms with E-state index in [0.29, 0.717) is 0 Å². The van der Waals surface area contributed by atoms with E-state index in [0.717, 1.165) is 12.8 Å². The SMILES string of the molecule is COC(=O)OCC1CCC(c2ccccc2)O1. The Morgan fingerprint density at radius 1 is 1.35 bits per heavy atom. The van der Waals surface area contributed by atoms with Crippen LogP contribution in [0.15, 0.2) is 30.3 Å². The highest BCUT2D eigenvalue weighted by Gasteiger charge is 2.27. The smallest absolute Gasteiger partial charge is 0.438 e. The molecule has 1 saturated heterocycles. The molecule has 4 heteroatoms. The zero-order valence-corrected chi connectivity index (χ0v) is 9.80. The summed E-state index contributed by atoms with van der Waals surface area (Å²) in [4.78, 5) is 10.8. The molecule has 17 heavy (non-hydrogen) atoms. The second-order valence-corrected chi connectivity index (χ2v) is 4.00. The van der Waals surface area contributed by atoms with Crippen molar-refractivity contribution in [2.45, 2.75) is 25.0 Å². The predicted molar refractivity (Wildman–Crippen MR) is 61.6 cm³/mol. The molecule has 1 fully saturated rings. The molecule has 0 aromatic heterocycles. The topological polar surface area (TPSA) is 44.8 Å². The van der Waals surface area contributed by atoms with E-state index in [1.54, 1.807) is 0 Å². The molecule has 1 heterocycles. The highest BCUT2D eigenvalue weighted by Crippen LogP contribution is 2.32. The third kappa shape index (κ3) is 3.20. The van der Waals surface area contributed by atoms with Crippen molar-refractivity contribution in [1.29, 1.82) is 0 Å². The van der Waals surface area contributed by atoms with Crippen LogP contribution in [0.2, 0.25) is 0 Å². The van der Waals surface area contributed by atoms with Crippen LogP contribution in [-0.2, 0) is 14.2 Å². The first-order valence-corrected chi connectivity index (χ1v) is 5.70. The molecule has 0 bridgehead atoms. The van der Waals surface area contributed by atoms with Gasteiger partial charge in [-0.05, 0) is 18.4 Å². The lowest BCUT2D eigenvalue weighted by Gasteiger charge is -2.13. The minimum absolute atomic E-state index is 0.0284. The first-order chi connectivity index (χ1) is 8.29. The Hall–Kier alpha value is -1.55. The molecule has 0 radical (unpaired) electrons. The average Bonchev–Trinajstić information content (AvgIpc) is 2.86. The number of carbonyl (C=O) groups is 1. The van der Waals surface area contributed by atoms with Crippen molar-refractivity contribution in [3.05, 3.63) is 35.9 Å². The van der Waals surface area contributed by atoms with Gasteiger partial charge in [0.2, 0.25) is 0 Å². The number of hydrogen-bond acceptors (Lipinski definition) is 4. The Morgan fingerprint density at radius 2 is 2.12 bits per heavy atom. The molecule has 1 aromatic carbocycles. The zero-order chi connectivity index (χ0) is 12.1. The quantitative estimate of drug-likeness (QED) is 0.757. The highest BCUT2D eigenvalue weighted by atomic mass is 16.7. The Balaban J connectivity index is 1.82. The normalized spacial score (nSPS) is 23.4. The fourth-order valence-corrected chi connectivity index (χ4v) is 1.96. The van der Waals surface area contributed by atoms with Crippen LogP contribution in [0.1, 0.15) is 24.5 Å². The average molecular weight is 236 g/mol. The number of ether oxygens (including phenoxy) is 3. The molecule has 0 spiro atoms. The van der Waals surface area contributed by atoms with Gasteiger partial charge >= 0.3 is 6.16 Å². The van der Waals surface area contributed by atoms with Gasteiger partial charge in [-0.15, -0.1) is 0 Å². The van der Waals surface area contributed by atoms with Crippen molar-refractivity contribution < 1.29 is 19.0 Å². The van der Waals surface area contributed by atoms with E-state index in [1.807, 2.05) is 30.3 Å². The second kappa shape index (κ2) is 5.68. The Labute approximate surface area is 100 Å². The maximum absolute atomic E-state index is 10.8. The van der Waals surface area contributed by atoms with Crippen LogP contribution >= 0.6 is 0 Å². The predicted octanol–water partition coefficient (Wildman–Crippen LogP) is 2.69. The third-order valence-electron chi connectivity index (χ3n) is 2.83. The van der Waals surface area contributed by atoms with Crippen LogP contribution in [0.3, 0.4) is 0 Å². The number of benzene rings is 1.